The fourth-order valence-electron chi connectivity index (χ4n) is 4.31. The quantitative estimate of drug-likeness (QED) is 0.594. The minimum absolute atomic E-state index is 0.115. The van der Waals surface area contributed by atoms with E-state index in [9.17, 15) is 9.59 Å². The van der Waals surface area contributed by atoms with Crippen molar-refractivity contribution in [2.45, 2.75) is 12.6 Å². The second-order valence-electron chi connectivity index (χ2n) is 8.05. The van der Waals surface area contributed by atoms with Gasteiger partial charge in [-0.2, -0.15) is 0 Å². The van der Waals surface area contributed by atoms with Crippen molar-refractivity contribution in [3.63, 3.8) is 0 Å². The number of rotatable bonds is 6. The summed E-state index contributed by atoms with van der Waals surface area (Å²) >= 11 is 0. The number of amides is 2. The number of para-hydroxylation sites is 1. The van der Waals surface area contributed by atoms with Gasteiger partial charge in [0, 0.05) is 38.3 Å². The van der Waals surface area contributed by atoms with Gasteiger partial charge in [-0.05, 0) is 17.2 Å². The normalized spacial score (nSPS) is 14.2. The topological polar surface area (TPSA) is 61.9 Å². The molecule has 0 radical (unpaired) electrons. The molecule has 0 spiro atoms. The molecule has 0 aliphatic carbocycles. The predicted molar refractivity (Wildman–Crippen MR) is 128 cm³/mol. The molecule has 1 aliphatic heterocycles. The van der Waals surface area contributed by atoms with E-state index in [-0.39, 0.29) is 12.6 Å². The first kappa shape index (κ1) is 22.6. The second kappa shape index (κ2) is 10.8. The Hall–Kier alpha value is -3.64. The molecule has 1 heterocycles. The third-order valence-electron chi connectivity index (χ3n) is 6.02. The van der Waals surface area contributed by atoms with Gasteiger partial charge in [0.1, 0.15) is 5.75 Å². The molecular weight excluding hydrogens is 414 g/mol. The van der Waals surface area contributed by atoms with Gasteiger partial charge >= 0.3 is 11.8 Å². The van der Waals surface area contributed by atoms with Crippen molar-refractivity contribution in [2.75, 3.05) is 33.3 Å². The second-order valence-corrected chi connectivity index (χ2v) is 8.05. The van der Waals surface area contributed by atoms with Gasteiger partial charge in [0.15, 0.2) is 0 Å². The molecule has 0 bridgehead atoms. The molecule has 2 amide bonds. The van der Waals surface area contributed by atoms with Crippen molar-refractivity contribution in [3.05, 3.63) is 102 Å². The number of nitrogens with zero attached hydrogens (tertiary/aromatic N) is 2. The van der Waals surface area contributed by atoms with Gasteiger partial charge in [0.25, 0.3) is 0 Å². The Balaban J connectivity index is 1.38. The fourth-order valence-corrected chi connectivity index (χ4v) is 4.31. The van der Waals surface area contributed by atoms with E-state index in [2.05, 4.69) is 58.7 Å². The molecule has 0 atom stereocenters. The average Bonchev–Trinajstić information content (AvgIpc) is 2.89. The lowest BCUT2D eigenvalue weighted by Gasteiger charge is -2.39. The summed E-state index contributed by atoms with van der Waals surface area (Å²) in [5.41, 5.74) is 3.27. The van der Waals surface area contributed by atoms with Crippen molar-refractivity contribution < 1.29 is 14.3 Å². The molecule has 4 rings (SSSR count). The van der Waals surface area contributed by atoms with Crippen LogP contribution in [-0.2, 0) is 16.1 Å². The highest BCUT2D eigenvalue weighted by molar-refractivity contribution is 6.35. The van der Waals surface area contributed by atoms with Crippen LogP contribution >= 0.6 is 0 Å². The first-order valence-corrected chi connectivity index (χ1v) is 11.2. The Morgan fingerprint density at radius 3 is 1.94 bits per heavy atom. The molecule has 1 fully saturated rings. The van der Waals surface area contributed by atoms with Crippen LogP contribution in [0.2, 0.25) is 0 Å². The Bertz CT molecular complexity index is 1020. The Morgan fingerprint density at radius 1 is 0.818 bits per heavy atom. The summed E-state index contributed by atoms with van der Waals surface area (Å²) in [6, 6.07) is 28.4. The number of carbonyl (C=O) groups excluding carboxylic acids is 2. The SMILES string of the molecule is COc1ccccc1CNC(=O)C(=O)N1CCN(C(c2ccccc2)c2ccccc2)CC1. The molecule has 1 aliphatic rings. The van der Waals surface area contributed by atoms with Gasteiger partial charge in [-0.3, -0.25) is 14.5 Å². The molecule has 1 saturated heterocycles. The van der Waals surface area contributed by atoms with Gasteiger partial charge in [-0.15, -0.1) is 0 Å². The zero-order valence-electron chi connectivity index (χ0n) is 18.8. The van der Waals surface area contributed by atoms with E-state index >= 15 is 0 Å². The summed E-state index contributed by atoms with van der Waals surface area (Å²) in [7, 11) is 1.59. The van der Waals surface area contributed by atoms with E-state index in [0.29, 0.717) is 31.9 Å². The maximum atomic E-state index is 12.8. The summed E-state index contributed by atoms with van der Waals surface area (Å²) in [6.45, 7) is 2.66. The van der Waals surface area contributed by atoms with Crippen molar-refractivity contribution in [3.8, 4) is 5.75 Å². The highest BCUT2D eigenvalue weighted by Crippen LogP contribution is 2.29. The van der Waals surface area contributed by atoms with Crippen molar-refractivity contribution in [1.82, 2.24) is 15.1 Å². The minimum atomic E-state index is -0.586. The van der Waals surface area contributed by atoms with Gasteiger partial charge in [0.05, 0.1) is 13.2 Å². The maximum absolute atomic E-state index is 12.8. The number of nitrogens with one attached hydrogen (secondary N) is 1. The van der Waals surface area contributed by atoms with E-state index in [1.54, 1.807) is 12.0 Å². The summed E-state index contributed by atoms with van der Waals surface area (Å²) < 4.78 is 5.31. The Morgan fingerprint density at radius 2 is 1.36 bits per heavy atom. The summed E-state index contributed by atoms with van der Waals surface area (Å²) in [6.07, 6.45) is 0. The maximum Gasteiger partial charge on any atom is 0.311 e. The molecule has 0 aromatic heterocycles. The molecule has 3 aromatic carbocycles. The van der Waals surface area contributed by atoms with Gasteiger partial charge in [0.2, 0.25) is 0 Å². The molecule has 0 unspecified atom stereocenters. The lowest BCUT2D eigenvalue weighted by Crippen LogP contribution is -2.53. The van der Waals surface area contributed by atoms with Crippen LogP contribution in [0.5, 0.6) is 5.75 Å². The van der Waals surface area contributed by atoms with Crippen LogP contribution in [0.1, 0.15) is 22.7 Å². The van der Waals surface area contributed by atoms with Crippen LogP contribution in [0.3, 0.4) is 0 Å². The molecule has 6 nitrogen and oxygen atoms in total. The molecule has 6 heteroatoms. The molecule has 3 aromatic rings. The van der Waals surface area contributed by atoms with Gasteiger partial charge in [-0.25, -0.2) is 0 Å². The molecule has 1 N–H and O–H groups in total. The third kappa shape index (κ3) is 5.41. The zero-order valence-corrected chi connectivity index (χ0v) is 18.8. The van der Waals surface area contributed by atoms with E-state index < -0.39 is 11.8 Å². The molecule has 0 saturated carbocycles. The molecule has 33 heavy (non-hydrogen) atoms. The van der Waals surface area contributed by atoms with Crippen molar-refractivity contribution in [2.24, 2.45) is 0 Å². The Kier molecular flexibility index (Phi) is 7.37. The van der Waals surface area contributed by atoms with E-state index in [0.717, 1.165) is 5.56 Å². The van der Waals surface area contributed by atoms with E-state index in [4.69, 9.17) is 4.74 Å². The number of piperazine rings is 1. The Labute approximate surface area is 194 Å². The van der Waals surface area contributed by atoms with Crippen LogP contribution in [-0.4, -0.2) is 54.9 Å². The highest BCUT2D eigenvalue weighted by atomic mass is 16.5. The number of hydrogen-bond acceptors (Lipinski definition) is 4. The van der Waals surface area contributed by atoms with Crippen LogP contribution in [0.25, 0.3) is 0 Å². The lowest BCUT2D eigenvalue weighted by molar-refractivity contribution is -0.147. The van der Waals surface area contributed by atoms with Crippen molar-refractivity contribution in [1.29, 1.82) is 0 Å². The number of benzene rings is 3. The van der Waals surface area contributed by atoms with Crippen LogP contribution < -0.4 is 10.1 Å². The minimum Gasteiger partial charge on any atom is -0.496 e. The number of methoxy groups -OCH3 is 1. The van der Waals surface area contributed by atoms with Gasteiger partial charge < -0.3 is 15.0 Å². The van der Waals surface area contributed by atoms with E-state index in [1.165, 1.54) is 11.1 Å². The summed E-state index contributed by atoms with van der Waals surface area (Å²) in [5, 5.41) is 2.73. The van der Waals surface area contributed by atoms with Crippen LogP contribution in [0.15, 0.2) is 84.9 Å². The highest BCUT2D eigenvalue weighted by Gasteiger charge is 2.30. The number of ether oxygens (including phenoxy) is 1. The monoisotopic (exact) mass is 443 g/mol. The van der Waals surface area contributed by atoms with Crippen LogP contribution in [0, 0.1) is 0 Å². The fraction of sp³-hybridized carbons (Fsp3) is 0.259. The predicted octanol–water partition coefficient (Wildman–Crippen LogP) is 3.25. The third-order valence-corrected chi connectivity index (χ3v) is 6.02. The van der Waals surface area contributed by atoms with Crippen molar-refractivity contribution >= 4 is 11.8 Å². The largest absolute Gasteiger partial charge is 0.496 e. The number of hydrogen-bond donors (Lipinski definition) is 1. The average molecular weight is 444 g/mol. The standard InChI is InChI=1S/C27H29N3O3/c1-33-24-15-9-8-14-23(24)20-28-26(31)27(32)30-18-16-29(17-19-30)25(21-10-4-2-5-11-21)22-12-6-3-7-13-22/h2-15,25H,16-20H2,1H3,(H,28,31). The van der Waals surface area contributed by atoms with Crippen LogP contribution in [0.4, 0.5) is 0 Å². The van der Waals surface area contributed by atoms with E-state index in [1.807, 2.05) is 36.4 Å². The zero-order chi connectivity index (χ0) is 23.0. The molecular formula is C27H29N3O3. The van der Waals surface area contributed by atoms with Gasteiger partial charge in [-0.1, -0.05) is 78.9 Å². The first-order valence-electron chi connectivity index (χ1n) is 11.2. The number of carbonyl (C=O) groups is 2. The summed E-state index contributed by atoms with van der Waals surface area (Å²) in [5.74, 6) is -0.385. The smallest absolute Gasteiger partial charge is 0.311 e. The lowest BCUT2D eigenvalue weighted by atomic mass is 9.96. The summed E-state index contributed by atoms with van der Waals surface area (Å²) in [4.78, 5) is 29.3. The first-order chi connectivity index (χ1) is 16.2. The molecule has 170 valence electrons.